The van der Waals surface area contributed by atoms with Crippen LogP contribution < -0.4 is 4.74 Å². The second-order valence-corrected chi connectivity index (χ2v) is 3.82. The first-order valence-electron chi connectivity index (χ1n) is 5.63. The Balaban J connectivity index is 2.33. The summed E-state index contributed by atoms with van der Waals surface area (Å²) in [6.45, 7) is 0. The van der Waals surface area contributed by atoms with Crippen LogP contribution in [0.1, 0.15) is 22.2 Å². The third-order valence-electron chi connectivity index (χ3n) is 2.75. The van der Waals surface area contributed by atoms with Gasteiger partial charge in [-0.25, -0.2) is 5.06 Å². The van der Waals surface area contributed by atoms with E-state index in [0.29, 0.717) is 11.3 Å². The SMILES string of the molecule is COc1ccc(C2OC=CO2)cc1C(=O)N(C)OC. The third kappa shape index (κ3) is 2.63. The highest BCUT2D eigenvalue weighted by atomic mass is 16.7. The molecular weight excluding hydrogens is 250 g/mol. The van der Waals surface area contributed by atoms with Gasteiger partial charge in [0.2, 0.25) is 0 Å². The largest absolute Gasteiger partial charge is 0.496 e. The highest BCUT2D eigenvalue weighted by Crippen LogP contribution is 2.29. The summed E-state index contributed by atoms with van der Waals surface area (Å²) in [4.78, 5) is 17.0. The lowest BCUT2D eigenvalue weighted by Crippen LogP contribution is -2.26. The smallest absolute Gasteiger partial charge is 0.280 e. The van der Waals surface area contributed by atoms with Crippen molar-refractivity contribution in [1.82, 2.24) is 5.06 Å². The molecule has 0 unspecified atom stereocenters. The van der Waals surface area contributed by atoms with Gasteiger partial charge in [-0.3, -0.25) is 9.63 Å². The van der Waals surface area contributed by atoms with Gasteiger partial charge in [-0.1, -0.05) is 0 Å². The number of nitrogens with zero attached hydrogens (tertiary/aromatic N) is 1. The zero-order valence-electron chi connectivity index (χ0n) is 11.0. The fourth-order valence-electron chi connectivity index (χ4n) is 1.69. The summed E-state index contributed by atoms with van der Waals surface area (Å²) >= 11 is 0. The van der Waals surface area contributed by atoms with Crippen molar-refractivity contribution in [3.8, 4) is 5.75 Å². The van der Waals surface area contributed by atoms with Crippen molar-refractivity contribution < 1.29 is 23.8 Å². The summed E-state index contributed by atoms with van der Waals surface area (Å²) in [5, 5.41) is 1.12. The molecule has 19 heavy (non-hydrogen) atoms. The van der Waals surface area contributed by atoms with Crippen molar-refractivity contribution in [1.29, 1.82) is 0 Å². The first kappa shape index (κ1) is 13.2. The Hall–Kier alpha value is -2.21. The average Bonchev–Trinajstić information content (AvgIpc) is 2.99. The highest BCUT2D eigenvalue weighted by Gasteiger charge is 2.22. The van der Waals surface area contributed by atoms with Crippen molar-refractivity contribution in [3.63, 3.8) is 0 Å². The molecule has 1 aliphatic rings. The van der Waals surface area contributed by atoms with Gasteiger partial charge in [-0.2, -0.15) is 0 Å². The molecule has 0 saturated heterocycles. The number of ether oxygens (including phenoxy) is 3. The Bertz CT molecular complexity index is 492. The van der Waals surface area contributed by atoms with E-state index in [4.69, 9.17) is 19.0 Å². The summed E-state index contributed by atoms with van der Waals surface area (Å²) in [5.41, 5.74) is 1.10. The van der Waals surface area contributed by atoms with Gasteiger partial charge in [0, 0.05) is 12.6 Å². The lowest BCUT2D eigenvalue weighted by atomic mass is 10.1. The first-order chi connectivity index (χ1) is 9.17. The van der Waals surface area contributed by atoms with Crippen LogP contribution in [0, 0.1) is 0 Å². The molecule has 0 bridgehead atoms. The van der Waals surface area contributed by atoms with E-state index in [2.05, 4.69) is 0 Å². The van der Waals surface area contributed by atoms with Crippen molar-refractivity contribution in [3.05, 3.63) is 41.9 Å². The number of carbonyl (C=O) groups is 1. The van der Waals surface area contributed by atoms with Gasteiger partial charge in [0.15, 0.2) is 0 Å². The molecule has 0 aromatic heterocycles. The molecule has 0 saturated carbocycles. The Morgan fingerprint density at radius 2 is 1.95 bits per heavy atom. The second-order valence-electron chi connectivity index (χ2n) is 3.82. The highest BCUT2D eigenvalue weighted by molar-refractivity contribution is 5.96. The maximum absolute atomic E-state index is 12.1. The van der Waals surface area contributed by atoms with E-state index >= 15 is 0 Å². The lowest BCUT2D eigenvalue weighted by molar-refractivity contribution is -0.0758. The van der Waals surface area contributed by atoms with Crippen molar-refractivity contribution in [2.24, 2.45) is 0 Å². The molecule has 0 radical (unpaired) electrons. The monoisotopic (exact) mass is 265 g/mol. The Morgan fingerprint density at radius 1 is 1.26 bits per heavy atom. The molecule has 6 nitrogen and oxygen atoms in total. The molecule has 1 heterocycles. The predicted octanol–water partition coefficient (Wildman–Crippen LogP) is 1.85. The minimum atomic E-state index is -0.537. The van der Waals surface area contributed by atoms with E-state index in [1.54, 1.807) is 18.2 Å². The molecule has 2 rings (SSSR count). The summed E-state index contributed by atoms with van der Waals surface area (Å²) < 4.78 is 15.6. The Kier molecular flexibility index (Phi) is 3.91. The molecule has 1 amide bonds. The van der Waals surface area contributed by atoms with Crippen molar-refractivity contribution in [2.45, 2.75) is 6.29 Å². The number of methoxy groups -OCH3 is 1. The van der Waals surface area contributed by atoms with Crippen molar-refractivity contribution in [2.75, 3.05) is 21.3 Å². The molecule has 1 aliphatic heterocycles. The topological polar surface area (TPSA) is 57.2 Å². The van der Waals surface area contributed by atoms with Crippen LogP contribution in [-0.2, 0) is 14.3 Å². The zero-order valence-corrected chi connectivity index (χ0v) is 11.0. The first-order valence-corrected chi connectivity index (χ1v) is 5.63. The summed E-state index contributed by atoms with van der Waals surface area (Å²) in [7, 11) is 4.45. The van der Waals surface area contributed by atoms with Crippen LogP contribution in [0.4, 0.5) is 0 Å². The number of amides is 1. The van der Waals surface area contributed by atoms with Crippen LogP contribution in [-0.4, -0.2) is 32.2 Å². The fraction of sp³-hybridized carbons (Fsp3) is 0.308. The van der Waals surface area contributed by atoms with Crippen LogP contribution in [0.3, 0.4) is 0 Å². The van der Waals surface area contributed by atoms with E-state index in [-0.39, 0.29) is 5.91 Å². The van der Waals surface area contributed by atoms with E-state index in [1.807, 2.05) is 0 Å². The lowest BCUT2D eigenvalue weighted by Gasteiger charge is -2.17. The number of benzene rings is 1. The number of hydrogen-bond acceptors (Lipinski definition) is 5. The number of hydroxylamine groups is 2. The molecule has 0 atom stereocenters. The minimum absolute atomic E-state index is 0.313. The number of carbonyl (C=O) groups excluding carboxylic acids is 1. The number of rotatable bonds is 4. The molecule has 1 aromatic rings. The van der Waals surface area contributed by atoms with Gasteiger partial charge < -0.3 is 14.2 Å². The summed E-state index contributed by atoms with van der Waals surface area (Å²) in [5.74, 6) is 0.149. The molecule has 6 heteroatoms. The van der Waals surface area contributed by atoms with Gasteiger partial charge in [-0.05, 0) is 18.2 Å². The maximum Gasteiger partial charge on any atom is 0.280 e. The standard InChI is InChI=1S/C13H15NO5/c1-14(17-3)12(15)10-8-9(4-5-11(10)16-2)13-18-6-7-19-13/h4-8,13H,1-3H3. The average molecular weight is 265 g/mol. The normalized spacial score (nSPS) is 13.8. The van der Waals surface area contributed by atoms with Gasteiger partial charge in [0.05, 0.1) is 19.8 Å². The molecule has 0 aliphatic carbocycles. The van der Waals surface area contributed by atoms with E-state index < -0.39 is 6.29 Å². The minimum Gasteiger partial charge on any atom is -0.496 e. The molecule has 0 fully saturated rings. The zero-order chi connectivity index (χ0) is 13.8. The summed E-state index contributed by atoms with van der Waals surface area (Å²) in [6, 6.07) is 5.13. The molecule has 0 spiro atoms. The quantitative estimate of drug-likeness (QED) is 0.777. The van der Waals surface area contributed by atoms with Crippen LogP contribution in [0.15, 0.2) is 30.7 Å². The van der Waals surface area contributed by atoms with Gasteiger partial charge in [0.1, 0.15) is 18.3 Å². The van der Waals surface area contributed by atoms with E-state index in [0.717, 1.165) is 10.6 Å². The van der Waals surface area contributed by atoms with Gasteiger partial charge >= 0.3 is 0 Å². The maximum atomic E-state index is 12.1. The van der Waals surface area contributed by atoms with Crippen LogP contribution in [0.2, 0.25) is 0 Å². The van der Waals surface area contributed by atoms with Gasteiger partial charge in [-0.15, -0.1) is 0 Å². The van der Waals surface area contributed by atoms with Crippen LogP contribution in [0.5, 0.6) is 5.75 Å². The molecule has 102 valence electrons. The third-order valence-corrected chi connectivity index (χ3v) is 2.75. The Labute approximate surface area is 111 Å². The van der Waals surface area contributed by atoms with Crippen LogP contribution in [0.25, 0.3) is 0 Å². The molecule has 1 aromatic carbocycles. The van der Waals surface area contributed by atoms with Crippen molar-refractivity contribution >= 4 is 5.91 Å². The van der Waals surface area contributed by atoms with Crippen LogP contribution >= 0.6 is 0 Å². The Morgan fingerprint density at radius 3 is 2.53 bits per heavy atom. The molecular formula is C13H15NO5. The predicted molar refractivity (Wildman–Crippen MR) is 66.1 cm³/mol. The fourth-order valence-corrected chi connectivity index (χ4v) is 1.69. The molecule has 0 N–H and O–H groups in total. The number of hydrogen-bond donors (Lipinski definition) is 0. The van der Waals surface area contributed by atoms with E-state index in [9.17, 15) is 4.79 Å². The van der Waals surface area contributed by atoms with Gasteiger partial charge in [0.25, 0.3) is 12.2 Å². The van der Waals surface area contributed by atoms with E-state index in [1.165, 1.54) is 33.8 Å². The second kappa shape index (κ2) is 5.62. The summed E-state index contributed by atoms with van der Waals surface area (Å²) in [6.07, 6.45) is 2.38.